The Bertz CT molecular complexity index is 536. The summed E-state index contributed by atoms with van der Waals surface area (Å²) < 4.78 is 25.3. The minimum atomic E-state index is -3.15. The van der Waals surface area contributed by atoms with Crippen molar-refractivity contribution in [2.24, 2.45) is 11.8 Å². The molecule has 0 aromatic carbocycles. The number of nitrogens with one attached hydrogen (secondary N) is 1. The number of nitrogens with zero attached hydrogens (tertiary/aromatic N) is 3. The Kier molecular flexibility index (Phi) is 7.10. The van der Waals surface area contributed by atoms with E-state index in [1.807, 2.05) is 6.92 Å². The molecule has 2 aliphatic rings. The molecule has 2 heterocycles. The Balaban J connectivity index is 1.76. The normalized spacial score (nSPS) is 27.9. The number of piperazine rings is 1. The van der Waals surface area contributed by atoms with Crippen LogP contribution < -0.4 is 5.32 Å². The summed E-state index contributed by atoms with van der Waals surface area (Å²) in [5, 5.41) is 3.07. The molecule has 8 heteroatoms. The minimum Gasteiger partial charge on any atom is -0.334 e. The molecule has 0 aromatic rings. The number of rotatable bonds is 5. The van der Waals surface area contributed by atoms with Crippen molar-refractivity contribution in [2.75, 3.05) is 51.6 Å². The van der Waals surface area contributed by atoms with Crippen LogP contribution in [0.1, 0.15) is 34.1 Å². The molecule has 0 spiro atoms. The molecule has 0 radical (unpaired) electrons. The first-order chi connectivity index (χ1) is 11.7. The molecule has 2 aliphatic heterocycles. The number of hydrogen-bond donors (Lipinski definition) is 1. The van der Waals surface area contributed by atoms with E-state index in [2.05, 4.69) is 24.1 Å². The van der Waals surface area contributed by atoms with Gasteiger partial charge in [0.2, 0.25) is 10.0 Å². The summed E-state index contributed by atoms with van der Waals surface area (Å²) in [7, 11) is -3.15. The molecular formula is C17H34N4O3S. The Hall–Kier alpha value is -0.860. The van der Waals surface area contributed by atoms with Gasteiger partial charge in [-0.1, -0.05) is 13.8 Å². The number of urea groups is 1. The van der Waals surface area contributed by atoms with Gasteiger partial charge < -0.3 is 15.1 Å². The SMILES string of the molecule is CCS(=O)(=O)N1CCN(C(=O)NC(C)CN2CC(C)CC(C)C2)CC1. The van der Waals surface area contributed by atoms with Crippen molar-refractivity contribution in [3.63, 3.8) is 0 Å². The van der Waals surface area contributed by atoms with E-state index < -0.39 is 10.0 Å². The summed E-state index contributed by atoms with van der Waals surface area (Å²) in [6, 6.07) is 0.00144. The lowest BCUT2D eigenvalue weighted by molar-refractivity contribution is 0.127. The number of hydrogen-bond acceptors (Lipinski definition) is 4. The van der Waals surface area contributed by atoms with Crippen LogP contribution in [-0.4, -0.2) is 86.2 Å². The van der Waals surface area contributed by atoms with Crippen LogP contribution in [0.25, 0.3) is 0 Å². The first-order valence-electron chi connectivity index (χ1n) is 9.46. The lowest BCUT2D eigenvalue weighted by Crippen LogP contribution is -2.55. The number of sulfonamides is 1. The molecule has 1 N–H and O–H groups in total. The molecule has 0 bridgehead atoms. The van der Waals surface area contributed by atoms with Gasteiger partial charge in [0, 0.05) is 51.9 Å². The molecular weight excluding hydrogens is 340 g/mol. The maximum Gasteiger partial charge on any atom is 0.317 e. The van der Waals surface area contributed by atoms with Crippen LogP contribution in [0.2, 0.25) is 0 Å². The molecule has 2 fully saturated rings. The standard InChI is InChI=1S/C17H34N4O3S/c1-5-25(23,24)21-8-6-20(7-9-21)17(22)18-16(4)13-19-11-14(2)10-15(3)12-19/h14-16H,5-13H2,1-4H3,(H,18,22). The third-order valence-corrected chi connectivity index (χ3v) is 7.01. The van der Waals surface area contributed by atoms with Crippen LogP contribution >= 0.6 is 0 Å². The zero-order chi connectivity index (χ0) is 18.6. The highest BCUT2D eigenvalue weighted by molar-refractivity contribution is 7.89. The Morgan fingerprint density at radius 3 is 2.20 bits per heavy atom. The molecule has 0 saturated carbocycles. The summed E-state index contributed by atoms with van der Waals surface area (Å²) in [6.45, 7) is 13.0. The predicted octanol–water partition coefficient (Wildman–Crippen LogP) is 1.03. The third kappa shape index (κ3) is 5.82. The van der Waals surface area contributed by atoms with E-state index in [1.165, 1.54) is 10.7 Å². The van der Waals surface area contributed by atoms with Gasteiger partial charge >= 0.3 is 6.03 Å². The average molecular weight is 375 g/mol. The second kappa shape index (κ2) is 8.68. The van der Waals surface area contributed by atoms with Crippen molar-refractivity contribution >= 4 is 16.1 Å². The molecule has 3 unspecified atom stereocenters. The van der Waals surface area contributed by atoms with Crippen molar-refractivity contribution in [1.29, 1.82) is 0 Å². The van der Waals surface area contributed by atoms with Gasteiger partial charge in [-0.3, -0.25) is 0 Å². The van der Waals surface area contributed by atoms with Crippen LogP contribution in [0.15, 0.2) is 0 Å². The number of carbonyl (C=O) groups excluding carboxylic acids is 1. The van der Waals surface area contributed by atoms with Crippen LogP contribution in [0.3, 0.4) is 0 Å². The fourth-order valence-corrected chi connectivity index (χ4v) is 5.11. The molecule has 25 heavy (non-hydrogen) atoms. The predicted molar refractivity (Wildman–Crippen MR) is 100.0 cm³/mol. The number of carbonyl (C=O) groups is 1. The Morgan fingerprint density at radius 2 is 1.68 bits per heavy atom. The van der Waals surface area contributed by atoms with Gasteiger partial charge in [0.15, 0.2) is 0 Å². The van der Waals surface area contributed by atoms with Crippen LogP contribution in [0.5, 0.6) is 0 Å². The summed E-state index contributed by atoms with van der Waals surface area (Å²) in [6.07, 6.45) is 1.28. The number of amides is 2. The second-order valence-electron chi connectivity index (χ2n) is 7.80. The molecule has 3 atom stereocenters. The highest BCUT2D eigenvalue weighted by Crippen LogP contribution is 2.20. The van der Waals surface area contributed by atoms with Crippen molar-refractivity contribution < 1.29 is 13.2 Å². The second-order valence-corrected chi connectivity index (χ2v) is 10.1. The monoisotopic (exact) mass is 374 g/mol. The van der Waals surface area contributed by atoms with E-state index in [0.717, 1.165) is 19.6 Å². The fourth-order valence-electron chi connectivity index (χ4n) is 4.03. The summed E-state index contributed by atoms with van der Waals surface area (Å²) >= 11 is 0. The number of likely N-dealkylation sites (tertiary alicyclic amines) is 1. The van der Waals surface area contributed by atoms with Gasteiger partial charge in [0.1, 0.15) is 0 Å². The van der Waals surface area contributed by atoms with Gasteiger partial charge in [-0.15, -0.1) is 0 Å². The van der Waals surface area contributed by atoms with E-state index in [-0.39, 0.29) is 17.8 Å². The first-order valence-corrected chi connectivity index (χ1v) is 11.1. The maximum absolute atomic E-state index is 12.4. The van der Waals surface area contributed by atoms with Crippen molar-refractivity contribution in [3.05, 3.63) is 0 Å². The first kappa shape index (κ1) is 20.5. The third-order valence-electron chi connectivity index (χ3n) is 5.13. The zero-order valence-corrected chi connectivity index (χ0v) is 16.9. The van der Waals surface area contributed by atoms with Gasteiger partial charge in [-0.2, -0.15) is 4.31 Å². The average Bonchev–Trinajstić information content (AvgIpc) is 2.53. The molecule has 2 amide bonds. The van der Waals surface area contributed by atoms with E-state index >= 15 is 0 Å². The molecule has 0 aliphatic carbocycles. The Morgan fingerprint density at radius 1 is 1.12 bits per heavy atom. The van der Waals surface area contributed by atoms with Crippen LogP contribution in [0.4, 0.5) is 4.79 Å². The van der Waals surface area contributed by atoms with Crippen molar-refractivity contribution in [2.45, 2.75) is 40.2 Å². The summed E-state index contributed by atoms with van der Waals surface area (Å²) in [4.78, 5) is 16.6. The Labute approximate surface area is 152 Å². The smallest absolute Gasteiger partial charge is 0.317 e. The quantitative estimate of drug-likeness (QED) is 0.780. The minimum absolute atomic E-state index is 0.0841. The fraction of sp³-hybridized carbons (Fsp3) is 0.941. The van der Waals surface area contributed by atoms with Crippen molar-refractivity contribution in [1.82, 2.24) is 19.4 Å². The van der Waals surface area contributed by atoms with Gasteiger partial charge in [0.25, 0.3) is 0 Å². The largest absolute Gasteiger partial charge is 0.334 e. The number of piperidine rings is 1. The lowest BCUT2D eigenvalue weighted by Gasteiger charge is -2.37. The van der Waals surface area contributed by atoms with E-state index in [4.69, 9.17) is 0 Å². The lowest BCUT2D eigenvalue weighted by atomic mass is 9.92. The molecule has 2 rings (SSSR count). The van der Waals surface area contributed by atoms with Gasteiger partial charge in [-0.25, -0.2) is 13.2 Å². The van der Waals surface area contributed by atoms with Gasteiger partial charge in [0.05, 0.1) is 5.75 Å². The summed E-state index contributed by atoms with van der Waals surface area (Å²) in [5.74, 6) is 1.53. The molecule has 2 saturated heterocycles. The van der Waals surface area contributed by atoms with E-state index in [1.54, 1.807) is 11.8 Å². The van der Waals surface area contributed by atoms with Crippen LogP contribution in [-0.2, 0) is 10.0 Å². The van der Waals surface area contributed by atoms with Crippen molar-refractivity contribution in [3.8, 4) is 0 Å². The zero-order valence-electron chi connectivity index (χ0n) is 16.1. The van der Waals surface area contributed by atoms with Gasteiger partial charge in [-0.05, 0) is 32.1 Å². The molecule has 7 nitrogen and oxygen atoms in total. The van der Waals surface area contributed by atoms with Crippen LogP contribution in [0, 0.1) is 11.8 Å². The topological polar surface area (TPSA) is 73.0 Å². The highest BCUT2D eigenvalue weighted by Gasteiger charge is 2.28. The van der Waals surface area contributed by atoms with E-state index in [9.17, 15) is 13.2 Å². The van der Waals surface area contributed by atoms with E-state index in [0.29, 0.717) is 38.0 Å². The molecule has 0 aromatic heterocycles. The highest BCUT2D eigenvalue weighted by atomic mass is 32.2. The summed E-state index contributed by atoms with van der Waals surface area (Å²) in [5.41, 5.74) is 0. The molecule has 146 valence electrons. The maximum atomic E-state index is 12.4.